The summed E-state index contributed by atoms with van der Waals surface area (Å²) < 4.78 is 39.2. The second-order valence-corrected chi connectivity index (χ2v) is 10.0. The molecule has 0 atom stereocenters. The predicted molar refractivity (Wildman–Crippen MR) is 114 cm³/mol. The van der Waals surface area contributed by atoms with Gasteiger partial charge in [0.2, 0.25) is 10.0 Å². The number of ether oxygens (including phenoxy) is 2. The van der Waals surface area contributed by atoms with Crippen LogP contribution in [-0.4, -0.2) is 44.3 Å². The van der Waals surface area contributed by atoms with E-state index in [1.54, 1.807) is 25.3 Å². The predicted octanol–water partition coefficient (Wildman–Crippen LogP) is 3.75. The van der Waals surface area contributed by atoms with E-state index in [1.165, 1.54) is 4.31 Å². The maximum atomic E-state index is 13.1. The van der Waals surface area contributed by atoms with Crippen molar-refractivity contribution in [1.29, 1.82) is 0 Å². The van der Waals surface area contributed by atoms with Gasteiger partial charge < -0.3 is 9.47 Å². The number of piperidine rings is 1. The van der Waals surface area contributed by atoms with E-state index in [-0.39, 0.29) is 10.7 Å². The van der Waals surface area contributed by atoms with Crippen LogP contribution >= 0.6 is 0 Å². The Hall–Kier alpha value is -2.38. The minimum atomic E-state index is -3.61. The summed E-state index contributed by atoms with van der Waals surface area (Å²) in [5.74, 6) is 1.35. The first kappa shape index (κ1) is 20.9. The van der Waals surface area contributed by atoms with Gasteiger partial charge in [-0.15, -0.1) is 0 Å². The lowest BCUT2D eigenvalue weighted by atomic mass is 9.82. The highest BCUT2D eigenvalue weighted by molar-refractivity contribution is 7.89. The van der Waals surface area contributed by atoms with Crippen LogP contribution in [-0.2, 0) is 16.4 Å². The molecule has 2 aliphatic heterocycles. The number of hydrogen-bond donors (Lipinski definition) is 0. The summed E-state index contributed by atoms with van der Waals surface area (Å²) >= 11 is 0. The molecule has 1 saturated heterocycles. The van der Waals surface area contributed by atoms with Gasteiger partial charge in [-0.2, -0.15) is 4.31 Å². The topological polar surface area (TPSA) is 72.9 Å². The van der Waals surface area contributed by atoms with Gasteiger partial charge in [0.15, 0.2) is 5.78 Å². The summed E-state index contributed by atoms with van der Waals surface area (Å²) in [6.45, 7) is 4.52. The molecular weight excluding hydrogens is 402 g/mol. The average molecular weight is 430 g/mol. The molecule has 1 spiro atoms. The maximum absolute atomic E-state index is 13.1. The van der Waals surface area contributed by atoms with Crippen molar-refractivity contribution in [2.24, 2.45) is 0 Å². The summed E-state index contributed by atoms with van der Waals surface area (Å²) in [5, 5.41) is 0. The minimum Gasteiger partial charge on any atom is -0.496 e. The number of rotatable bonds is 4. The maximum Gasteiger partial charge on any atom is 0.243 e. The molecule has 6 nitrogen and oxygen atoms in total. The van der Waals surface area contributed by atoms with E-state index in [1.807, 2.05) is 25.1 Å². The molecule has 160 valence electrons. The van der Waals surface area contributed by atoms with Crippen LogP contribution in [0.2, 0.25) is 0 Å². The lowest BCUT2D eigenvalue weighted by molar-refractivity contribution is 0.00588. The largest absolute Gasteiger partial charge is 0.496 e. The van der Waals surface area contributed by atoms with Crippen molar-refractivity contribution < 1.29 is 22.7 Å². The van der Waals surface area contributed by atoms with Gasteiger partial charge >= 0.3 is 0 Å². The summed E-state index contributed by atoms with van der Waals surface area (Å²) in [5.41, 5.74) is 1.90. The van der Waals surface area contributed by atoms with Crippen LogP contribution in [0.3, 0.4) is 0 Å². The monoisotopic (exact) mass is 429 g/mol. The highest BCUT2D eigenvalue weighted by atomic mass is 32.2. The number of sulfonamides is 1. The fraction of sp³-hybridized carbons (Fsp3) is 0.435. The van der Waals surface area contributed by atoms with Crippen LogP contribution in [0.25, 0.3) is 0 Å². The molecule has 1 fully saturated rings. The van der Waals surface area contributed by atoms with Gasteiger partial charge in [0.1, 0.15) is 17.1 Å². The molecule has 0 radical (unpaired) electrons. The van der Waals surface area contributed by atoms with Crippen molar-refractivity contribution in [2.45, 2.75) is 50.0 Å². The SMILES string of the molecule is CCc1ccc2c(c1)C(=O)CC1(CCN(S(=O)(=O)c3ccc(OC)c(C)c3)CC1)O2. The first-order valence-corrected chi connectivity index (χ1v) is 11.7. The molecule has 4 rings (SSSR count). The number of Topliss-reactive ketones (excluding diaryl/α,β-unsaturated/α-hetero) is 1. The van der Waals surface area contributed by atoms with Gasteiger partial charge in [-0.25, -0.2) is 8.42 Å². The van der Waals surface area contributed by atoms with Crippen molar-refractivity contribution in [3.63, 3.8) is 0 Å². The van der Waals surface area contributed by atoms with E-state index >= 15 is 0 Å². The van der Waals surface area contributed by atoms with Gasteiger partial charge in [0.05, 0.1) is 24.0 Å². The Morgan fingerprint density at radius 1 is 1.13 bits per heavy atom. The fourth-order valence-electron chi connectivity index (χ4n) is 4.33. The van der Waals surface area contributed by atoms with E-state index in [0.717, 1.165) is 17.5 Å². The first-order chi connectivity index (χ1) is 14.3. The third-order valence-electron chi connectivity index (χ3n) is 6.20. The summed E-state index contributed by atoms with van der Waals surface area (Å²) in [6.07, 6.45) is 2.14. The molecule has 0 saturated carbocycles. The van der Waals surface area contributed by atoms with Crippen LogP contribution in [0.15, 0.2) is 41.3 Å². The smallest absolute Gasteiger partial charge is 0.243 e. The zero-order chi connectivity index (χ0) is 21.5. The van der Waals surface area contributed by atoms with E-state index in [9.17, 15) is 13.2 Å². The lowest BCUT2D eigenvalue weighted by Gasteiger charge is -2.43. The Kier molecular flexibility index (Phi) is 5.36. The zero-order valence-corrected chi connectivity index (χ0v) is 18.4. The Balaban J connectivity index is 1.52. The molecule has 2 aromatic carbocycles. The Bertz CT molecular complexity index is 1080. The lowest BCUT2D eigenvalue weighted by Crippen LogP contribution is -2.52. The molecule has 7 heteroatoms. The van der Waals surface area contributed by atoms with Gasteiger partial charge in [0.25, 0.3) is 0 Å². The highest BCUT2D eigenvalue weighted by Crippen LogP contribution is 2.40. The molecular formula is C23H27NO5S. The van der Waals surface area contributed by atoms with Gasteiger partial charge in [-0.3, -0.25) is 4.79 Å². The molecule has 30 heavy (non-hydrogen) atoms. The highest BCUT2D eigenvalue weighted by Gasteiger charge is 2.45. The molecule has 0 aliphatic carbocycles. The van der Waals surface area contributed by atoms with E-state index in [2.05, 4.69) is 6.92 Å². The molecule has 2 aliphatic rings. The van der Waals surface area contributed by atoms with Crippen molar-refractivity contribution in [1.82, 2.24) is 4.31 Å². The molecule has 0 bridgehead atoms. The van der Waals surface area contributed by atoms with E-state index in [4.69, 9.17) is 9.47 Å². The normalized spacial score (nSPS) is 18.7. The fourth-order valence-corrected chi connectivity index (χ4v) is 5.86. The van der Waals surface area contributed by atoms with Gasteiger partial charge in [-0.05, 0) is 54.8 Å². The molecule has 2 heterocycles. The van der Waals surface area contributed by atoms with E-state index < -0.39 is 15.6 Å². The van der Waals surface area contributed by atoms with E-state index in [0.29, 0.717) is 49.4 Å². The number of carbonyl (C=O) groups is 1. The second-order valence-electron chi connectivity index (χ2n) is 8.10. The number of benzene rings is 2. The Morgan fingerprint density at radius 3 is 2.50 bits per heavy atom. The second kappa shape index (κ2) is 7.71. The molecule has 0 aromatic heterocycles. The minimum absolute atomic E-state index is 0.0774. The first-order valence-electron chi connectivity index (χ1n) is 10.3. The van der Waals surface area contributed by atoms with Crippen LogP contribution in [0.1, 0.15) is 47.7 Å². The number of ketones is 1. The number of carbonyl (C=O) groups excluding carboxylic acids is 1. The van der Waals surface area contributed by atoms with Gasteiger partial charge in [0, 0.05) is 25.9 Å². The van der Waals surface area contributed by atoms with Crippen LogP contribution < -0.4 is 9.47 Å². The average Bonchev–Trinajstić information content (AvgIpc) is 2.73. The number of methoxy groups -OCH3 is 1. The summed E-state index contributed by atoms with van der Waals surface area (Å²) in [6, 6.07) is 10.7. The quantitative estimate of drug-likeness (QED) is 0.740. The number of nitrogens with zero attached hydrogens (tertiary/aromatic N) is 1. The summed E-state index contributed by atoms with van der Waals surface area (Å²) in [4.78, 5) is 13.1. The number of fused-ring (bicyclic) bond motifs is 1. The molecule has 2 aromatic rings. The van der Waals surface area contributed by atoms with Crippen molar-refractivity contribution in [3.05, 3.63) is 53.1 Å². The van der Waals surface area contributed by atoms with Crippen LogP contribution in [0.5, 0.6) is 11.5 Å². The zero-order valence-electron chi connectivity index (χ0n) is 17.6. The van der Waals surface area contributed by atoms with Crippen molar-refractivity contribution >= 4 is 15.8 Å². The third kappa shape index (κ3) is 3.61. The molecule has 0 unspecified atom stereocenters. The van der Waals surface area contributed by atoms with Crippen molar-refractivity contribution in [3.8, 4) is 11.5 Å². The number of aryl methyl sites for hydroxylation is 2. The van der Waals surface area contributed by atoms with Crippen molar-refractivity contribution in [2.75, 3.05) is 20.2 Å². The standard InChI is InChI=1S/C23H27NO5S/c1-4-17-5-7-22-19(14-17)20(25)15-23(29-22)9-11-24(12-10-23)30(26,27)18-6-8-21(28-3)16(2)13-18/h5-8,13-14H,4,9-12,15H2,1-3H3. The molecule has 0 N–H and O–H groups in total. The van der Waals surface area contributed by atoms with Crippen LogP contribution in [0, 0.1) is 6.92 Å². The summed E-state index contributed by atoms with van der Waals surface area (Å²) in [7, 11) is -2.05. The molecule has 0 amide bonds. The van der Waals surface area contributed by atoms with Gasteiger partial charge in [-0.1, -0.05) is 13.0 Å². The number of hydrogen-bond acceptors (Lipinski definition) is 5. The Morgan fingerprint density at radius 2 is 1.87 bits per heavy atom. The van der Waals surface area contributed by atoms with Crippen LogP contribution in [0.4, 0.5) is 0 Å². The third-order valence-corrected chi connectivity index (χ3v) is 8.09. The Labute approximate surface area is 177 Å².